The predicted octanol–water partition coefficient (Wildman–Crippen LogP) is 4.52. The first-order valence-corrected chi connectivity index (χ1v) is 9.87. The van der Waals surface area contributed by atoms with Crippen LogP contribution in [0.15, 0.2) is 77.2 Å². The molecule has 0 radical (unpaired) electrons. The van der Waals surface area contributed by atoms with Crippen molar-refractivity contribution in [1.82, 2.24) is 5.01 Å². The highest BCUT2D eigenvalue weighted by Gasteiger charge is 2.38. The minimum atomic E-state index is -0.763. The molecule has 1 aliphatic rings. The number of nitrogens with zero attached hydrogens (tertiary/aromatic N) is 2. The number of hydrogen-bond acceptors (Lipinski definition) is 5. The lowest BCUT2D eigenvalue weighted by Crippen LogP contribution is -2.32. The van der Waals surface area contributed by atoms with Crippen LogP contribution in [0, 0.1) is 0 Å². The molecule has 1 aliphatic heterocycles. The number of amides is 1. The van der Waals surface area contributed by atoms with E-state index in [1.54, 1.807) is 23.5 Å². The molecule has 1 amide bonds. The van der Waals surface area contributed by atoms with Gasteiger partial charge in [-0.2, -0.15) is 5.10 Å². The van der Waals surface area contributed by atoms with Gasteiger partial charge in [0.2, 0.25) is 0 Å². The van der Waals surface area contributed by atoms with Crippen molar-refractivity contribution >= 4 is 23.0 Å². The number of ether oxygens (including phenoxy) is 1. The molecule has 1 N–H and O–H groups in total. The van der Waals surface area contributed by atoms with Crippen LogP contribution < -0.4 is 0 Å². The summed E-state index contributed by atoms with van der Waals surface area (Å²) in [4.78, 5) is 14.4. The Labute approximate surface area is 167 Å². The molecular weight excluding hydrogens is 372 g/mol. The van der Waals surface area contributed by atoms with Crippen molar-refractivity contribution < 1.29 is 14.6 Å². The molecule has 3 aromatic rings. The maximum atomic E-state index is 13.4. The SMILES string of the molecule is CO[C@H](C(=O)N1N=C(c2cccs2)C[C@H]1c1ccccc1O)c1ccccc1. The summed E-state index contributed by atoms with van der Waals surface area (Å²) in [6.07, 6.45) is -0.226. The van der Waals surface area contributed by atoms with Crippen LogP contribution in [0.1, 0.15) is 34.6 Å². The fraction of sp³-hybridized carbons (Fsp3) is 0.182. The minimum Gasteiger partial charge on any atom is -0.508 e. The third kappa shape index (κ3) is 3.44. The van der Waals surface area contributed by atoms with E-state index in [9.17, 15) is 9.90 Å². The smallest absolute Gasteiger partial charge is 0.276 e. The van der Waals surface area contributed by atoms with E-state index in [0.29, 0.717) is 12.0 Å². The second-order valence-corrected chi connectivity index (χ2v) is 7.46. The summed E-state index contributed by atoms with van der Waals surface area (Å²) >= 11 is 1.58. The summed E-state index contributed by atoms with van der Waals surface area (Å²) < 4.78 is 5.53. The predicted molar refractivity (Wildman–Crippen MR) is 109 cm³/mol. The molecule has 0 fully saturated rings. The van der Waals surface area contributed by atoms with Gasteiger partial charge in [0.25, 0.3) is 5.91 Å². The van der Waals surface area contributed by atoms with E-state index in [-0.39, 0.29) is 17.7 Å². The van der Waals surface area contributed by atoms with Gasteiger partial charge in [-0.3, -0.25) is 4.79 Å². The van der Waals surface area contributed by atoms with Crippen LogP contribution in [0.3, 0.4) is 0 Å². The Kier molecular flexibility index (Phi) is 5.23. The van der Waals surface area contributed by atoms with Crippen LogP contribution in [-0.4, -0.2) is 28.8 Å². The molecule has 2 atom stereocenters. The van der Waals surface area contributed by atoms with E-state index >= 15 is 0 Å². The van der Waals surface area contributed by atoms with E-state index in [2.05, 4.69) is 5.10 Å². The van der Waals surface area contributed by atoms with Crippen LogP contribution in [-0.2, 0) is 9.53 Å². The van der Waals surface area contributed by atoms with E-state index in [0.717, 1.165) is 16.2 Å². The summed E-state index contributed by atoms with van der Waals surface area (Å²) in [6, 6.07) is 20.0. The van der Waals surface area contributed by atoms with Gasteiger partial charge < -0.3 is 9.84 Å². The molecule has 5 nitrogen and oxygen atoms in total. The summed E-state index contributed by atoms with van der Waals surface area (Å²) in [5.41, 5.74) is 2.28. The van der Waals surface area contributed by atoms with Gasteiger partial charge in [-0.1, -0.05) is 54.6 Å². The molecule has 28 heavy (non-hydrogen) atoms. The molecule has 0 saturated carbocycles. The lowest BCUT2D eigenvalue weighted by atomic mass is 9.99. The first kappa shape index (κ1) is 18.4. The summed E-state index contributed by atoms with van der Waals surface area (Å²) in [6.45, 7) is 0. The number of thiophene rings is 1. The van der Waals surface area contributed by atoms with Gasteiger partial charge in [-0.25, -0.2) is 5.01 Å². The number of hydrogen-bond donors (Lipinski definition) is 1. The average Bonchev–Trinajstić information content (AvgIpc) is 3.40. The van der Waals surface area contributed by atoms with Crippen molar-refractivity contribution in [3.8, 4) is 5.75 Å². The van der Waals surface area contributed by atoms with Crippen molar-refractivity contribution in [2.45, 2.75) is 18.6 Å². The van der Waals surface area contributed by atoms with Gasteiger partial charge in [-0.05, 0) is 23.1 Å². The first-order chi connectivity index (χ1) is 13.7. The molecule has 0 spiro atoms. The minimum absolute atomic E-state index is 0.154. The van der Waals surface area contributed by atoms with Crippen molar-refractivity contribution in [3.63, 3.8) is 0 Å². The van der Waals surface area contributed by atoms with E-state index in [4.69, 9.17) is 4.74 Å². The Bertz CT molecular complexity index is 986. The molecule has 2 aromatic carbocycles. The number of phenols is 1. The first-order valence-electron chi connectivity index (χ1n) is 8.99. The third-order valence-electron chi connectivity index (χ3n) is 4.80. The largest absolute Gasteiger partial charge is 0.508 e. The van der Waals surface area contributed by atoms with Crippen molar-refractivity contribution in [1.29, 1.82) is 0 Å². The molecule has 142 valence electrons. The fourth-order valence-corrected chi connectivity index (χ4v) is 4.17. The normalized spacial score (nSPS) is 17.4. The number of para-hydroxylation sites is 1. The standard InChI is InChI=1S/C22H20N2O3S/c1-27-21(15-8-3-2-4-9-15)22(26)24-18(16-10-5-6-11-19(16)25)14-17(23-24)20-12-7-13-28-20/h2-13,18,21,25H,14H2,1H3/t18-,21-/m0/s1. The van der Waals surface area contributed by atoms with Gasteiger partial charge in [0, 0.05) is 19.1 Å². The van der Waals surface area contributed by atoms with Crippen LogP contribution in [0.5, 0.6) is 5.75 Å². The summed E-state index contributed by atoms with van der Waals surface area (Å²) in [7, 11) is 1.52. The highest BCUT2D eigenvalue weighted by molar-refractivity contribution is 7.12. The molecule has 1 aromatic heterocycles. The quantitative estimate of drug-likeness (QED) is 0.694. The Balaban J connectivity index is 1.73. The Morgan fingerprint density at radius 1 is 1.14 bits per heavy atom. The zero-order valence-electron chi connectivity index (χ0n) is 15.4. The van der Waals surface area contributed by atoms with Gasteiger partial charge in [0.05, 0.1) is 16.6 Å². The van der Waals surface area contributed by atoms with Gasteiger partial charge in [-0.15, -0.1) is 11.3 Å². The maximum absolute atomic E-state index is 13.4. The summed E-state index contributed by atoms with van der Waals surface area (Å²) in [5, 5.41) is 18.5. The van der Waals surface area contributed by atoms with Crippen molar-refractivity contribution in [3.05, 3.63) is 88.1 Å². The number of carbonyl (C=O) groups excluding carboxylic acids is 1. The highest BCUT2D eigenvalue weighted by Crippen LogP contribution is 2.39. The lowest BCUT2D eigenvalue weighted by Gasteiger charge is -2.26. The Hall–Kier alpha value is -2.96. The van der Waals surface area contributed by atoms with Crippen LogP contribution >= 0.6 is 11.3 Å². The average molecular weight is 392 g/mol. The number of benzene rings is 2. The second kappa shape index (κ2) is 7.96. The number of carbonyl (C=O) groups is 1. The Morgan fingerprint density at radius 2 is 1.89 bits per heavy atom. The summed E-state index contributed by atoms with van der Waals surface area (Å²) in [5.74, 6) is -0.102. The number of rotatable bonds is 5. The van der Waals surface area contributed by atoms with Crippen molar-refractivity contribution in [2.75, 3.05) is 7.11 Å². The zero-order chi connectivity index (χ0) is 19.5. The number of phenolic OH excluding ortho intramolecular Hbond substituents is 1. The third-order valence-corrected chi connectivity index (χ3v) is 5.72. The molecule has 0 saturated heterocycles. The topological polar surface area (TPSA) is 62.1 Å². The molecule has 0 aliphatic carbocycles. The molecule has 4 rings (SSSR count). The number of aromatic hydroxyl groups is 1. The zero-order valence-corrected chi connectivity index (χ0v) is 16.2. The second-order valence-electron chi connectivity index (χ2n) is 6.51. The molecular formula is C22H20N2O3S. The van der Waals surface area contributed by atoms with Gasteiger partial charge in [0.15, 0.2) is 6.10 Å². The van der Waals surface area contributed by atoms with E-state index in [1.165, 1.54) is 12.1 Å². The number of hydrazone groups is 1. The van der Waals surface area contributed by atoms with Gasteiger partial charge >= 0.3 is 0 Å². The van der Waals surface area contributed by atoms with Crippen LogP contribution in [0.2, 0.25) is 0 Å². The molecule has 0 bridgehead atoms. The number of methoxy groups -OCH3 is 1. The van der Waals surface area contributed by atoms with Crippen molar-refractivity contribution in [2.24, 2.45) is 5.10 Å². The van der Waals surface area contributed by atoms with Crippen LogP contribution in [0.25, 0.3) is 0 Å². The monoisotopic (exact) mass is 392 g/mol. The molecule has 0 unspecified atom stereocenters. The van der Waals surface area contributed by atoms with Crippen LogP contribution in [0.4, 0.5) is 0 Å². The van der Waals surface area contributed by atoms with E-state index < -0.39 is 6.10 Å². The highest BCUT2D eigenvalue weighted by atomic mass is 32.1. The van der Waals surface area contributed by atoms with Gasteiger partial charge in [0.1, 0.15) is 5.75 Å². The molecule has 6 heteroatoms. The maximum Gasteiger partial charge on any atom is 0.276 e. The lowest BCUT2D eigenvalue weighted by molar-refractivity contribution is -0.144. The fourth-order valence-electron chi connectivity index (χ4n) is 3.44. The Morgan fingerprint density at radius 3 is 2.57 bits per heavy atom. The van der Waals surface area contributed by atoms with E-state index in [1.807, 2.05) is 60.0 Å². The molecule has 2 heterocycles.